The fraction of sp³-hybridized carbons (Fsp3) is 0.188. The molecule has 0 atom stereocenters. The zero-order valence-electron chi connectivity index (χ0n) is 11.3. The molecule has 3 nitrogen and oxygen atoms in total. The smallest absolute Gasteiger partial charge is 0.140 e. The number of rotatable bonds is 3. The van der Waals surface area contributed by atoms with Crippen LogP contribution in [0, 0.1) is 12.7 Å². The highest BCUT2D eigenvalue weighted by Gasteiger charge is 2.09. The van der Waals surface area contributed by atoms with Crippen LogP contribution in [0.25, 0.3) is 11.0 Å². The minimum absolute atomic E-state index is 0.204. The molecule has 0 fully saturated rings. The Hall–Kier alpha value is -2.20. The Morgan fingerprint density at radius 3 is 2.85 bits per heavy atom. The number of pyridine rings is 1. The number of aromatic nitrogens is 2. The Kier molecular flexibility index (Phi) is 3.24. The van der Waals surface area contributed by atoms with Crippen molar-refractivity contribution in [1.82, 2.24) is 9.55 Å². The molecule has 0 radical (unpaired) electrons. The maximum absolute atomic E-state index is 13.2. The Balaban J connectivity index is 2.06. The lowest BCUT2D eigenvalue weighted by Gasteiger charge is -2.08. The molecule has 20 heavy (non-hydrogen) atoms. The maximum atomic E-state index is 13.2. The summed E-state index contributed by atoms with van der Waals surface area (Å²) < 4.78 is 15.2. The van der Waals surface area contributed by atoms with Gasteiger partial charge in [0.15, 0.2) is 0 Å². The van der Waals surface area contributed by atoms with Crippen molar-refractivity contribution in [1.29, 1.82) is 0 Å². The first-order valence-corrected chi connectivity index (χ1v) is 6.57. The van der Waals surface area contributed by atoms with Gasteiger partial charge in [-0.2, -0.15) is 0 Å². The molecule has 2 aromatic heterocycles. The molecule has 1 aromatic carbocycles. The molecule has 0 saturated heterocycles. The van der Waals surface area contributed by atoms with Crippen molar-refractivity contribution in [3.05, 3.63) is 65.2 Å². The van der Waals surface area contributed by atoms with E-state index in [1.807, 2.05) is 31.3 Å². The van der Waals surface area contributed by atoms with Crippen LogP contribution in [0.4, 0.5) is 4.39 Å². The van der Waals surface area contributed by atoms with E-state index in [2.05, 4.69) is 9.55 Å². The van der Waals surface area contributed by atoms with Gasteiger partial charge in [0.2, 0.25) is 0 Å². The standard InChI is InChI=1S/C16H16FN3/c1-11-7-14(17)5-4-12(11)9-20-10-13(8-18)15-3-2-6-19-16(15)20/h2-7,10H,8-9,18H2,1H3. The quantitative estimate of drug-likeness (QED) is 0.794. The van der Waals surface area contributed by atoms with E-state index in [-0.39, 0.29) is 5.82 Å². The summed E-state index contributed by atoms with van der Waals surface area (Å²) in [4.78, 5) is 4.43. The van der Waals surface area contributed by atoms with Crippen LogP contribution in [0.1, 0.15) is 16.7 Å². The van der Waals surface area contributed by atoms with Crippen molar-refractivity contribution >= 4 is 11.0 Å². The van der Waals surface area contributed by atoms with Crippen LogP contribution in [-0.2, 0) is 13.1 Å². The van der Waals surface area contributed by atoms with Gasteiger partial charge in [-0.3, -0.25) is 0 Å². The number of nitrogens with two attached hydrogens (primary N) is 1. The van der Waals surface area contributed by atoms with E-state index >= 15 is 0 Å². The van der Waals surface area contributed by atoms with Crippen molar-refractivity contribution in [2.24, 2.45) is 5.73 Å². The summed E-state index contributed by atoms with van der Waals surface area (Å²) in [5.41, 5.74) is 9.79. The predicted molar refractivity (Wildman–Crippen MR) is 77.9 cm³/mol. The molecule has 3 rings (SSSR count). The Morgan fingerprint density at radius 1 is 1.25 bits per heavy atom. The normalized spacial score (nSPS) is 11.2. The molecule has 0 spiro atoms. The molecule has 0 bridgehead atoms. The minimum Gasteiger partial charge on any atom is -0.328 e. The summed E-state index contributed by atoms with van der Waals surface area (Å²) in [6.45, 7) is 3.07. The van der Waals surface area contributed by atoms with Crippen molar-refractivity contribution in [2.75, 3.05) is 0 Å². The first-order valence-electron chi connectivity index (χ1n) is 6.57. The second-order valence-electron chi connectivity index (χ2n) is 4.93. The van der Waals surface area contributed by atoms with Crippen molar-refractivity contribution in [3.63, 3.8) is 0 Å². The minimum atomic E-state index is -0.204. The molecule has 2 heterocycles. The lowest BCUT2D eigenvalue weighted by atomic mass is 10.1. The van der Waals surface area contributed by atoms with E-state index in [1.165, 1.54) is 6.07 Å². The largest absolute Gasteiger partial charge is 0.328 e. The average Bonchev–Trinajstić information content (AvgIpc) is 2.80. The highest BCUT2D eigenvalue weighted by Crippen LogP contribution is 2.21. The van der Waals surface area contributed by atoms with E-state index < -0.39 is 0 Å². The monoisotopic (exact) mass is 269 g/mol. The van der Waals surface area contributed by atoms with Crippen LogP contribution >= 0.6 is 0 Å². The number of benzene rings is 1. The first-order chi connectivity index (χ1) is 9.69. The van der Waals surface area contributed by atoms with Gasteiger partial charge in [0, 0.05) is 30.9 Å². The maximum Gasteiger partial charge on any atom is 0.140 e. The molecule has 0 aliphatic rings. The van der Waals surface area contributed by atoms with E-state index in [0.29, 0.717) is 13.1 Å². The van der Waals surface area contributed by atoms with Crippen molar-refractivity contribution < 1.29 is 4.39 Å². The molecule has 4 heteroatoms. The van der Waals surface area contributed by atoms with Crippen LogP contribution in [0.5, 0.6) is 0 Å². The fourth-order valence-corrected chi connectivity index (χ4v) is 2.50. The van der Waals surface area contributed by atoms with Crippen LogP contribution in [-0.4, -0.2) is 9.55 Å². The fourth-order valence-electron chi connectivity index (χ4n) is 2.50. The molecule has 0 aliphatic heterocycles. The van der Waals surface area contributed by atoms with Gasteiger partial charge in [-0.25, -0.2) is 9.37 Å². The van der Waals surface area contributed by atoms with Gasteiger partial charge in [0.05, 0.1) is 0 Å². The van der Waals surface area contributed by atoms with E-state index in [0.717, 1.165) is 27.7 Å². The number of nitrogens with zero attached hydrogens (tertiary/aromatic N) is 2. The summed E-state index contributed by atoms with van der Waals surface area (Å²) >= 11 is 0. The van der Waals surface area contributed by atoms with Crippen LogP contribution < -0.4 is 5.73 Å². The number of fused-ring (bicyclic) bond motifs is 1. The zero-order chi connectivity index (χ0) is 14.1. The molecule has 3 aromatic rings. The van der Waals surface area contributed by atoms with Crippen molar-refractivity contribution in [3.8, 4) is 0 Å². The SMILES string of the molecule is Cc1cc(F)ccc1Cn1cc(CN)c2cccnc21. The molecule has 102 valence electrons. The predicted octanol–water partition coefficient (Wildman–Crippen LogP) is 2.99. The average molecular weight is 269 g/mol. The molecule has 2 N–H and O–H groups in total. The van der Waals surface area contributed by atoms with Crippen molar-refractivity contribution in [2.45, 2.75) is 20.0 Å². The third kappa shape index (κ3) is 2.18. The molecule has 0 unspecified atom stereocenters. The number of hydrogen-bond acceptors (Lipinski definition) is 2. The topological polar surface area (TPSA) is 43.8 Å². The molecular formula is C16H16FN3. The number of hydrogen-bond donors (Lipinski definition) is 1. The molecule has 0 saturated carbocycles. The zero-order valence-corrected chi connectivity index (χ0v) is 11.3. The Morgan fingerprint density at radius 2 is 2.10 bits per heavy atom. The van der Waals surface area contributed by atoms with Crippen LogP contribution in [0.2, 0.25) is 0 Å². The molecular weight excluding hydrogens is 253 g/mol. The summed E-state index contributed by atoms with van der Waals surface area (Å²) in [5, 5.41) is 1.08. The summed E-state index contributed by atoms with van der Waals surface area (Å²) in [6, 6.07) is 8.80. The van der Waals surface area contributed by atoms with Crippen LogP contribution in [0.3, 0.4) is 0 Å². The highest BCUT2D eigenvalue weighted by atomic mass is 19.1. The lowest BCUT2D eigenvalue weighted by Crippen LogP contribution is -2.01. The van der Waals surface area contributed by atoms with Gasteiger partial charge in [0.25, 0.3) is 0 Å². The first kappa shape index (κ1) is 12.8. The Bertz CT molecular complexity index is 762. The summed E-state index contributed by atoms with van der Waals surface area (Å²) in [5.74, 6) is -0.204. The summed E-state index contributed by atoms with van der Waals surface area (Å²) in [6.07, 6.45) is 3.80. The van der Waals surface area contributed by atoms with Gasteiger partial charge in [-0.1, -0.05) is 6.07 Å². The van der Waals surface area contributed by atoms with E-state index in [4.69, 9.17) is 5.73 Å². The van der Waals surface area contributed by atoms with E-state index in [9.17, 15) is 4.39 Å². The van der Waals surface area contributed by atoms with Gasteiger partial charge in [-0.05, 0) is 47.9 Å². The van der Waals surface area contributed by atoms with Gasteiger partial charge in [-0.15, -0.1) is 0 Å². The third-order valence-electron chi connectivity index (χ3n) is 3.58. The summed E-state index contributed by atoms with van der Waals surface area (Å²) in [7, 11) is 0. The molecule has 0 aliphatic carbocycles. The van der Waals surface area contributed by atoms with Gasteiger partial charge < -0.3 is 10.3 Å². The van der Waals surface area contributed by atoms with E-state index in [1.54, 1.807) is 12.3 Å². The molecule has 0 amide bonds. The second kappa shape index (κ2) is 5.06. The van der Waals surface area contributed by atoms with Gasteiger partial charge in [0.1, 0.15) is 11.5 Å². The Labute approximate surface area is 116 Å². The number of aryl methyl sites for hydroxylation is 1. The lowest BCUT2D eigenvalue weighted by molar-refractivity contribution is 0.625. The van der Waals surface area contributed by atoms with Gasteiger partial charge >= 0.3 is 0 Å². The number of halogens is 1. The second-order valence-corrected chi connectivity index (χ2v) is 4.93. The van der Waals surface area contributed by atoms with Crippen LogP contribution in [0.15, 0.2) is 42.7 Å². The third-order valence-corrected chi connectivity index (χ3v) is 3.58. The highest BCUT2D eigenvalue weighted by molar-refractivity contribution is 5.80.